The smallest absolute Gasteiger partial charge is 0.323 e. The van der Waals surface area contributed by atoms with Crippen molar-refractivity contribution >= 4 is 28.4 Å². The lowest BCUT2D eigenvalue weighted by Crippen LogP contribution is -2.30. The number of carbonyl (C=O) groups excluding carboxylic acids is 1. The summed E-state index contributed by atoms with van der Waals surface area (Å²) in [7, 11) is 0. The Morgan fingerprint density at radius 3 is 2.20 bits per heavy atom. The predicted octanol–water partition coefficient (Wildman–Crippen LogP) is 9.56. The number of nitrogens with one attached hydrogen (secondary N) is 2. The normalized spacial score (nSPS) is 11.2. The number of pyridine rings is 3. The lowest BCUT2D eigenvalue weighted by molar-refractivity contribution is 0.262. The van der Waals surface area contributed by atoms with Crippen molar-refractivity contribution < 1.29 is 9.53 Å². The summed E-state index contributed by atoms with van der Waals surface area (Å²) in [6.07, 6.45) is 6.71. The van der Waals surface area contributed by atoms with E-state index in [2.05, 4.69) is 55.4 Å². The Morgan fingerprint density at radius 2 is 1.48 bits per heavy atom. The van der Waals surface area contributed by atoms with Crippen molar-refractivity contribution in [1.82, 2.24) is 14.5 Å². The Hall–Kier alpha value is -5.76. The summed E-state index contributed by atoms with van der Waals surface area (Å²) in [4.78, 5) is 37.5. The fourth-order valence-corrected chi connectivity index (χ4v) is 6.33. The van der Waals surface area contributed by atoms with Crippen LogP contribution in [0.15, 0.2) is 120 Å². The number of anilines is 2. The van der Waals surface area contributed by atoms with Gasteiger partial charge in [0.25, 0.3) is 5.56 Å². The Morgan fingerprint density at radius 1 is 0.780 bits per heavy atom. The molecule has 0 unspecified atom stereocenters. The zero-order chi connectivity index (χ0) is 35.0. The van der Waals surface area contributed by atoms with Crippen LogP contribution in [0.3, 0.4) is 0 Å². The molecule has 8 nitrogen and oxygen atoms in total. The minimum absolute atomic E-state index is 0.181. The van der Waals surface area contributed by atoms with Crippen LogP contribution < -0.4 is 20.9 Å². The summed E-state index contributed by atoms with van der Waals surface area (Å²) >= 11 is 0. The molecule has 3 heterocycles. The topological polar surface area (TPSA) is 98.1 Å². The van der Waals surface area contributed by atoms with Crippen LogP contribution in [0.2, 0.25) is 0 Å². The van der Waals surface area contributed by atoms with E-state index in [1.807, 2.05) is 84.9 Å². The van der Waals surface area contributed by atoms with E-state index in [1.165, 1.54) is 5.56 Å². The molecule has 0 saturated carbocycles. The number of hydrogen-bond acceptors (Lipinski definition) is 5. The van der Waals surface area contributed by atoms with Gasteiger partial charge in [0.05, 0.1) is 0 Å². The number of para-hydroxylation sites is 1. The van der Waals surface area contributed by atoms with Crippen molar-refractivity contribution in [2.24, 2.45) is 0 Å². The first-order valence-corrected chi connectivity index (χ1v) is 17.2. The van der Waals surface area contributed by atoms with Crippen LogP contribution in [0.25, 0.3) is 22.2 Å². The van der Waals surface area contributed by atoms with Crippen LogP contribution in [0.4, 0.5) is 16.2 Å². The molecule has 254 valence electrons. The summed E-state index contributed by atoms with van der Waals surface area (Å²) < 4.78 is 7.83. The number of benzene rings is 3. The maximum Gasteiger partial charge on any atom is 0.323 e. The number of aryl methyl sites for hydroxylation is 2. The fourth-order valence-electron chi connectivity index (χ4n) is 6.33. The molecule has 2 amide bonds. The molecule has 8 heteroatoms. The third-order valence-electron chi connectivity index (χ3n) is 8.81. The van der Waals surface area contributed by atoms with Crippen LogP contribution in [0, 0.1) is 0 Å². The third-order valence-corrected chi connectivity index (χ3v) is 8.81. The third kappa shape index (κ3) is 7.76. The molecule has 0 aliphatic rings. The average molecular weight is 666 g/mol. The zero-order valence-electron chi connectivity index (χ0n) is 29.0. The van der Waals surface area contributed by atoms with Gasteiger partial charge in [-0.2, -0.15) is 0 Å². The molecule has 2 N–H and O–H groups in total. The standard InChI is InChI=1S/C42H43N5O3/c1-28(2)34-19-9-20-35(29(3)4)38(34)45-42(49)46-39-37(32-17-8-18-33(25-32)50-27-31-15-10-22-43-26-31)36-21-11-23-44-40(36)47(41(39)48)24-12-16-30-13-6-5-7-14-30/h5-11,13-15,17-23,25-26,28-29H,12,16,24,27H2,1-4H3,(H2,45,46,49). The molecule has 0 bridgehead atoms. The number of nitrogens with zero attached hydrogens (tertiary/aromatic N) is 3. The molecule has 0 fully saturated rings. The predicted molar refractivity (Wildman–Crippen MR) is 202 cm³/mol. The fraction of sp³-hybridized carbons (Fsp3) is 0.238. The van der Waals surface area contributed by atoms with Gasteiger partial charge in [0.1, 0.15) is 23.7 Å². The van der Waals surface area contributed by atoms with E-state index in [4.69, 9.17) is 9.72 Å². The van der Waals surface area contributed by atoms with Gasteiger partial charge in [0.2, 0.25) is 0 Å². The number of aromatic nitrogens is 3. The van der Waals surface area contributed by atoms with Gasteiger partial charge in [-0.05, 0) is 77.3 Å². The number of amides is 2. The van der Waals surface area contributed by atoms with Crippen LogP contribution in [0.5, 0.6) is 5.75 Å². The van der Waals surface area contributed by atoms with Crippen LogP contribution in [0.1, 0.15) is 68.2 Å². The molecule has 6 aromatic rings. The van der Waals surface area contributed by atoms with Crippen molar-refractivity contribution in [2.75, 3.05) is 10.6 Å². The molecule has 0 saturated heterocycles. The minimum atomic E-state index is -0.485. The Bertz CT molecular complexity index is 2120. The number of fused-ring (bicyclic) bond motifs is 1. The largest absolute Gasteiger partial charge is 0.489 e. The zero-order valence-corrected chi connectivity index (χ0v) is 29.0. The van der Waals surface area contributed by atoms with Crippen molar-refractivity contribution in [3.05, 3.63) is 148 Å². The molecule has 0 aliphatic heterocycles. The van der Waals surface area contributed by atoms with Gasteiger partial charge < -0.3 is 15.4 Å². The SMILES string of the molecule is CC(C)c1cccc(C(C)C)c1NC(=O)Nc1c(-c2cccc(OCc3cccnc3)c2)c2cccnc2n(CCCc2ccccc2)c1=O. The first kappa shape index (κ1) is 34.1. The van der Waals surface area contributed by atoms with E-state index in [9.17, 15) is 9.59 Å². The van der Waals surface area contributed by atoms with Crippen molar-refractivity contribution in [1.29, 1.82) is 0 Å². The van der Waals surface area contributed by atoms with E-state index < -0.39 is 6.03 Å². The highest BCUT2D eigenvalue weighted by Crippen LogP contribution is 2.36. The van der Waals surface area contributed by atoms with Gasteiger partial charge >= 0.3 is 6.03 Å². The summed E-state index contributed by atoms with van der Waals surface area (Å²) in [5, 5.41) is 6.90. The van der Waals surface area contributed by atoms with Gasteiger partial charge in [0.15, 0.2) is 0 Å². The van der Waals surface area contributed by atoms with Gasteiger partial charge in [-0.1, -0.05) is 94.4 Å². The molecule has 0 aliphatic carbocycles. The molecule has 3 aromatic carbocycles. The number of hydrogen-bond donors (Lipinski definition) is 2. The maximum absolute atomic E-state index is 14.6. The monoisotopic (exact) mass is 665 g/mol. The van der Waals surface area contributed by atoms with E-state index in [-0.39, 0.29) is 23.1 Å². The second-order valence-corrected chi connectivity index (χ2v) is 13.0. The first-order chi connectivity index (χ1) is 24.3. The van der Waals surface area contributed by atoms with Gasteiger partial charge in [-0.15, -0.1) is 0 Å². The molecular weight excluding hydrogens is 622 g/mol. The van der Waals surface area contributed by atoms with Crippen LogP contribution >= 0.6 is 0 Å². The van der Waals surface area contributed by atoms with Crippen LogP contribution in [-0.2, 0) is 19.6 Å². The van der Waals surface area contributed by atoms with Crippen molar-refractivity contribution in [2.45, 2.75) is 65.5 Å². The number of ether oxygens (including phenoxy) is 1. The van der Waals surface area contributed by atoms with E-state index in [0.29, 0.717) is 30.1 Å². The van der Waals surface area contributed by atoms with E-state index in [1.54, 1.807) is 23.2 Å². The summed E-state index contributed by atoms with van der Waals surface area (Å²) in [5.74, 6) is 0.989. The van der Waals surface area contributed by atoms with Gasteiger partial charge in [0, 0.05) is 47.3 Å². The molecule has 6 rings (SSSR count). The van der Waals surface area contributed by atoms with Gasteiger partial charge in [-0.3, -0.25) is 14.3 Å². The molecular formula is C42H43N5O3. The van der Waals surface area contributed by atoms with Gasteiger partial charge in [-0.25, -0.2) is 9.78 Å². The molecule has 0 radical (unpaired) electrons. The maximum atomic E-state index is 14.6. The van der Waals surface area contributed by atoms with Crippen LogP contribution in [-0.4, -0.2) is 20.6 Å². The Labute approximate surface area is 293 Å². The number of carbonyl (C=O) groups is 1. The second kappa shape index (κ2) is 15.6. The highest BCUT2D eigenvalue weighted by molar-refractivity contribution is 6.07. The van der Waals surface area contributed by atoms with Crippen molar-refractivity contribution in [3.8, 4) is 16.9 Å². The second-order valence-electron chi connectivity index (χ2n) is 13.0. The van der Waals surface area contributed by atoms with E-state index in [0.717, 1.165) is 46.2 Å². The lowest BCUT2D eigenvalue weighted by Gasteiger charge is -2.22. The molecule has 3 aromatic heterocycles. The molecule has 0 spiro atoms. The lowest BCUT2D eigenvalue weighted by atomic mass is 9.93. The minimum Gasteiger partial charge on any atom is -0.489 e. The Balaban J connectivity index is 1.43. The highest BCUT2D eigenvalue weighted by Gasteiger charge is 2.23. The summed E-state index contributed by atoms with van der Waals surface area (Å²) in [5.41, 5.74) is 6.69. The molecule has 0 atom stereocenters. The van der Waals surface area contributed by atoms with Crippen molar-refractivity contribution in [3.63, 3.8) is 0 Å². The molecule has 50 heavy (non-hydrogen) atoms. The number of urea groups is 1. The first-order valence-electron chi connectivity index (χ1n) is 17.2. The quantitative estimate of drug-likeness (QED) is 0.136. The van der Waals surface area contributed by atoms with E-state index >= 15 is 0 Å². The summed E-state index contributed by atoms with van der Waals surface area (Å²) in [6, 6.07) is 31.0. The highest BCUT2D eigenvalue weighted by atomic mass is 16.5. The summed E-state index contributed by atoms with van der Waals surface area (Å²) in [6.45, 7) is 9.19. The average Bonchev–Trinajstić information content (AvgIpc) is 3.13. The number of rotatable bonds is 12. The Kier molecular flexibility index (Phi) is 10.7.